The van der Waals surface area contributed by atoms with Gasteiger partial charge < -0.3 is 8.94 Å². The highest BCUT2D eigenvalue weighted by molar-refractivity contribution is 7.52. The second-order valence-corrected chi connectivity index (χ2v) is 7.68. The quantitative estimate of drug-likeness (QED) is 0.275. The molecule has 0 radical (unpaired) electrons. The van der Waals surface area contributed by atoms with Crippen LogP contribution in [-0.4, -0.2) is 9.85 Å². The van der Waals surface area contributed by atoms with Crippen molar-refractivity contribution >= 4 is 19.3 Å². The second-order valence-electron chi connectivity index (χ2n) is 5.93. The van der Waals surface area contributed by atoms with Gasteiger partial charge in [-0.2, -0.15) is 0 Å². The van der Waals surface area contributed by atoms with Crippen LogP contribution < -0.4 is 9.61 Å². The molecule has 2 aromatic carbocycles. The maximum atomic E-state index is 13.2. The van der Waals surface area contributed by atoms with Gasteiger partial charge in [0.15, 0.2) is 0 Å². The van der Waals surface area contributed by atoms with Gasteiger partial charge in [-0.05, 0) is 23.8 Å². The summed E-state index contributed by atoms with van der Waals surface area (Å²) in [5.74, 6) is -0.317. The molecular formula is C18H16N3O8P. The van der Waals surface area contributed by atoms with Crippen LogP contribution in [0.3, 0.4) is 0 Å². The van der Waals surface area contributed by atoms with E-state index in [1.165, 1.54) is 30.3 Å². The van der Waals surface area contributed by atoms with Gasteiger partial charge in [0.25, 0.3) is 5.69 Å². The van der Waals surface area contributed by atoms with E-state index in [1.807, 2.05) is 18.2 Å². The van der Waals surface area contributed by atoms with Crippen molar-refractivity contribution in [3.05, 3.63) is 98.3 Å². The Bertz CT molecular complexity index is 1070. The summed E-state index contributed by atoms with van der Waals surface area (Å²) in [4.78, 5) is 20.2. The molecule has 3 aromatic rings. The lowest BCUT2D eigenvalue weighted by Gasteiger charge is -2.19. The van der Waals surface area contributed by atoms with Crippen molar-refractivity contribution in [3.8, 4) is 5.75 Å². The highest BCUT2D eigenvalue weighted by Crippen LogP contribution is 2.45. The molecule has 0 aliphatic rings. The minimum Gasteiger partial charge on any atom is -0.413 e. The molecular weight excluding hydrogens is 417 g/mol. The third kappa shape index (κ3) is 5.74. The molecule has 1 atom stereocenters. The summed E-state index contributed by atoms with van der Waals surface area (Å²) in [7, 11) is -3.98. The Kier molecular flexibility index (Phi) is 6.58. The van der Waals surface area contributed by atoms with E-state index in [0.29, 0.717) is 0 Å². The minimum absolute atomic E-state index is 0.0786. The number of nitrogens with one attached hydrogen (secondary N) is 1. The van der Waals surface area contributed by atoms with Crippen LogP contribution in [0.2, 0.25) is 0 Å². The van der Waals surface area contributed by atoms with E-state index in [0.717, 1.165) is 11.6 Å². The number of furan rings is 1. The van der Waals surface area contributed by atoms with Crippen molar-refractivity contribution in [3.63, 3.8) is 0 Å². The molecule has 0 saturated carbocycles. The molecule has 0 bridgehead atoms. The number of hydrogen-bond acceptors (Lipinski definition) is 8. The minimum atomic E-state index is -3.98. The Morgan fingerprint density at radius 3 is 2.23 bits per heavy atom. The molecule has 0 saturated heterocycles. The van der Waals surface area contributed by atoms with E-state index in [4.69, 9.17) is 13.5 Å². The first kappa shape index (κ1) is 21.2. The van der Waals surface area contributed by atoms with Crippen LogP contribution in [0.5, 0.6) is 5.75 Å². The fourth-order valence-electron chi connectivity index (χ4n) is 2.35. The first-order valence-electron chi connectivity index (χ1n) is 8.55. The van der Waals surface area contributed by atoms with Gasteiger partial charge in [0, 0.05) is 18.7 Å². The topological polar surface area (TPSA) is 147 Å². The molecule has 0 amide bonds. The summed E-state index contributed by atoms with van der Waals surface area (Å²) in [5.41, 5.74) is 0.653. The Hall–Kier alpha value is -3.53. The van der Waals surface area contributed by atoms with Gasteiger partial charge in [0.05, 0.1) is 11.0 Å². The summed E-state index contributed by atoms with van der Waals surface area (Å²) in [6.07, 6.45) is 0. The van der Waals surface area contributed by atoms with Gasteiger partial charge in [0.2, 0.25) is 0 Å². The van der Waals surface area contributed by atoms with Crippen molar-refractivity contribution in [2.24, 2.45) is 0 Å². The Balaban J connectivity index is 1.74. The molecule has 1 aromatic heterocycles. The van der Waals surface area contributed by atoms with Gasteiger partial charge in [-0.3, -0.25) is 24.8 Å². The number of hydrogen-bond donors (Lipinski definition) is 1. The van der Waals surface area contributed by atoms with Crippen LogP contribution in [0, 0.1) is 20.2 Å². The largest absolute Gasteiger partial charge is 0.459 e. The number of non-ortho nitro benzene ring substituents is 1. The lowest BCUT2D eigenvalue weighted by atomic mass is 10.2. The molecule has 1 N–H and O–H groups in total. The molecule has 0 fully saturated rings. The van der Waals surface area contributed by atoms with E-state index >= 15 is 0 Å². The molecule has 0 aliphatic heterocycles. The highest BCUT2D eigenvalue weighted by Gasteiger charge is 2.28. The lowest BCUT2D eigenvalue weighted by molar-refractivity contribution is -0.402. The van der Waals surface area contributed by atoms with Crippen LogP contribution in [0.4, 0.5) is 11.6 Å². The van der Waals surface area contributed by atoms with Crippen molar-refractivity contribution in [2.45, 2.75) is 13.2 Å². The van der Waals surface area contributed by atoms with Crippen LogP contribution in [0.1, 0.15) is 11.3 Å². The third-order valence-electron chi connectivity index (χ3n) is 3.80. The predicted molar refractivity (Wildman–Crippen MR) is 105 cm³/mol. The van der Waals surface area contributed by atoms with E-state index in [9.17, 15) is 24.8 Å². The van der Waals surface area contributed by atoms with Gasteiger partial charge in [0.1, 0.15) is 23.0 Å². The molecule has 11 nitrogen and oxygen atoms in total. The van der Waals surface area contributed by atoms with Crippen molar-refractivity contribution < 1.29 is 27.9 Å². The van der Waals surface area contributed by atoms with E-state index in [-0.39, 0.29) is 30.3 Å². The van der Waals surface area contributed by atoms with E-state index in [1.54, 1.807) is 12.1 Å². The number of rotatable bonds is 10. The number of nitrogens with zero attached hydrogens (tertiary/aromatic N) is 2. The Labute approximate surface area is 170 Å². The van der Waals surface area contributed by atoms with Crippen molar-refractivity contribution in [1.29, 1.82) is 0 Å². The zero-order chi connectivity index (χ0) is 21.6. The summed E-state index contributed by atoms with van der Waals surface area (Å²) in [6, 6.07) is 16.5. The molecule has 0 spiro atoms. The first-order chi connectivity index (χ1) is 14.3. The van der Waals surface area contributed by atoms with Crippen LogP contribution in [0.15, 0.2) is 71.1 Å². The SMILES string of the molecule is O=[N+]([O-])c1ccc(OP(=O)(NCc2ccccc2)OCc2ccc([N+](=O)[O-])o2)cc1. The standard InChI is InChI=1S/C18H16N3O8P/c22-20(23)15-6-8-16(9-7-15)29-30(26,19-12-14-4-2-1-3-5-14)27-13-17-10-11-18(28-17)21(24)25/h1-11H,12-13H2,(H,19,26). The van der Waals surface area contributed by atoms with Crippen LogP contribution in [0.25, 0.3) is 0 Å². The lowest BCUT2D eigenvalue weighted by Crippen LogP contribution is -2.16. The van der Waals surface area contributed by atoms with Crippen molar-refractivity contribution in [1.82, 2.24) is 5.09 Å². The van der Waals surface area contributed by atoms with Crippen LogP contribution in [-0.2, 0) is 22.2 Å². The maximum absolute atomic E-state index is 13.2. The van der Waals surface area contributed by atoms with Gasteiger partial charge in [-0.15, -0.1) is 0 Å². The maximum Gasteiger partial charge on any atom is 0.459 e. The van der Waals surface area contributed by atoms with Gasteiger partial charge in [-0.1, -0.05) is 30.3 Å². The fraction of sp³-hybridized carbons (Fsp3) is 0.111. The zero-order valence-electron chi connectivity index (χ0n) is 15.4. The molecule has 1 heterocycles. The van der Waals surface area contributed by atoms with Crippen molar-refractivity contribution in [2.75, 3.05) is 0 Å². The smallest absolute Gasteiger partial charge is 0.413 e. The predicted octanol–water partition coefficient (Wildman–Crippen LogP) is 4.59. The Morgan fingerprint density at radius 1 is 0.933 bits per heavy atom. The number of benzene rings is 2. The second kappa shape index (κ2) is 9.31. The zero-order valence-corrected chi connectivity index (χ0v) is 16.3. The molecule has 0 aliphatic carbocycles. The number of nitro groups is 2. The van der Waals surface area contributed by atoms with Gasteiger partial charge >= 0.3 is 13.6 Å². The number of nitro benzene ring substituents is 1. The average molecular weight is 433 g/mol. The summed E-state index contributed by atoms with van der Waals surface area (Å²) < 4.78 is 29.1. The molecule has 1 unspecified atom stereocenters. The van der Waals surface area contributed by atoms with Gasteiger partial charge in [-0.25, -0.2) is 9.65 Å². The fourth-order valence-corrected chi connectivity index (χ4v) is 3.63. The molecule has 3 rings (SSSR count). The summed E-state index contributed by atoms with van der Waals surface area (Å²) in [6.45, 7) is -0.219. The average Bonchev–Trinajstić information content (AvgIpc) is 3.22. The molecule has 12 heteroatoms. The summed E-state index contributed by atoms with van der Waals surface area (Å²) in [5, 5.41) is 24.2. The highest BCUT2D eigenvalue weighted by atomic mass is 31.2. The normalized spacial score (nSPS) is 12.8. The van der Waals surface area contributed by atoms with Crippen LogP contribution >= 0.6 is 7.75 Å². The first-order valence-corrected chi connectivity index (χ1v) is 10.1. The third-order valence-corrected chi connectivity index (χ3v) is 5.26. The monoisotopic (exact) mass is 433 g/mol. The van der Waals surface area contributed by atoms with E-state index < -0.39 is 23.5 Å². The summed E-state index contributed by atoms with van der Waals surface area (Å²) >= 11 is 0. The van der Waals surface area contributed by atoms with E-state index in [2.05, 4.69) is 5.09 Å². The Morgan fingerprint density at radius 2 is 1.63 bits per heavy atom. The molecule has 156 valence electrons. The molecule has 30 heavy (non-hydrogen) atoms.